The van der Waals surface area contributed by atoms with E-state index in [0.29, 0.717) is 43.0 Å². The first kappa shape index (κ1) is 22.6. The van der Waals surface area contributed by atoms with Gasteiger partial charge in [0, 0.05) is 37.4 Å². The smallest absolute Gasteiger partial charge is 0.289 e. The highest BCUT2D eigenvalue weighted by atomic mass is 32.2. The van der Waals surface area contributed by atoms with Gasteiger partial charge in [0.1, 0.15) is 0 Å². The summed E-state index contributed by atoms with van der Waals surface area (Å²) in [5.41, 5.74) is 2.34. The molecule has 0 spiro atoms. The van der Waals surface area contributed by atoms with Crippen molar-refractivity contribution in [2.75, 3.05) is 30.9 Å². The molecule has 2 amide bonds. The zero-order valence-electron chi connectivity index (χ0n) is 18.4. The topological polar surface area (TPSA) is 99.9 Å². The van der Waals surface area contributed by atoms with Crippen molar-refractivity contribution < 1.29 is 22.4 Å². The highest BCUT2D eigenvalue weighted by molar-refractivity contribution is 7.92. The lowest BCUT2D eigenvalue weighted by Gasteiger charge is -2.34. The average molecular weight is 468 g/mol. The van der Waals surface area contributed by atoms with Crippen LogP contribution >= 0.6 is 0 Å². The first-order chi connectivity index (χ1) is 15.7. The summed E-state index contributed by atoms with van der Waals surface area (Å²) in [7, 11) is -3.74. The Morgan fingerprint density at radius 2 is 1.52 bits per heavy atom. The van der Waals surface area contributed by atoms with Crippen LogP contribution in [0, 0.1) is 13.8 Å². The molecule has 1 saturated heterocycles. The van der Waals surface area contributed by atoms with Crippen molar-refractivity contribution in [1.29, 1.82) is 0 Å². The van der Waals surface area contributed by atoms with Crippen LogP contribution in [-0.4, -0.2) is 56.2 Å². The summed E-state index contributed by atoms with van der Waals surface area (Å²) < 4.78 is 33.3. The molecule has 9 heteroatoms. The number of amides is 2. The number of carbonyl (C=O) groups excluding carboxylic acids is 2. The van der Waals surface area contributed by atoms with Crippen LogP contribution in [0.3, 0.4) is 0 Å². The third kappa shape index (κ3) is 4.93. The monoisotopic (exact) mass is 467 g/mol. The highest BCUT2D eigenvalue weighted by Crippen LogP contribution is 2.21. The number of aryl methyl sites for hydroxylation is 2. The van der Waals surface area contributed by atoms with Crippen LogP contribution < -0.4 is 4.72 Å². The van der Waals surface area contributed by atoms with E-state index in [1.165, 1.54) is 6.26 Å². The molecular formula is C24H25N3O5S. The molecule has 8 nitrogen and oxygen atoms in total. The Morgan fingerprint density at radius 3 is 2.12 bits per heavy atom. The van der Waals surface area contributed by atoms with Gasteiger partial charge in [0.2, 0.25) is 0 Å². The summed E-state index contributed by atoms with van der Waals surface area (Å²) in [5, 5.41) is 0. The minimum Gasteiger partial charge on any atom is -0.459 e. The molecule has 1 N–H and O–H groups in total. The summed E-state index contributed by atoms with van der Waals surface area (Å²) in [4.78, 5) is 28.8. The van der Waals surface area contributed by atoms with Crippen LogP contribution in [-0.2, 0) is 10.0 Å². The van der Waals surface area contributed by atoms with Gasteiger partial charge >= 0.3 is 0 Å². The van der Waals surface area contributed by atoms with Crippen LogP contribution in [0.4, 0.5) is 5.69 Å². The Bertz CT molecular complexity index is 1260. The Morgan fingerprint density at radius 1 is 0.879 bits per heavy atom. The van der Waals surface area contributed by atoms with Gasteiger partial charge in [-0.3, -0.25) is 14.3 Å². The average Bonchev–Trinajstić information content (AvgIpc) is 3.35. The number of piperazine rings is 1. The fraction of sp³-hybridized carbons (Fsp3) is 0.250. The number of hydrogen-bond donors (Lipinski definition) is 1. The third-order valence-corrected chi connectivity index (χ3v) is 7.13. The maximum atomic E-state index is 12.9. The Kier molecular flexibility index (Phi) is 6.24. The van der Waals surface area contributed by atoms with Crippen molar-refractivity contribution in [3.05, 3.63) is 83.3 Å². The number of furan rings is 1. The minimum absolute atomic E-state index is 0.163. The predicted octanol–water partition coefficient (Wildman–Crippen LogP) is 3.30. The summed E-state index contributed by atoms with van der Waals surface area (Å²) in [6, 6.07) is 14.9. The lowest BCUT2D eigenvalue weighted by atomic mass is 10.1. The van der Waals surface area contributed by atoms with Crippen LogP contribution in [0.1, 0.15) is 32.0 Å². The van der Waals surface area contributed by atoms with Gasteiger partial charge in [0.25, 0.3) is 21.8 Å². The fourth-order valence-corrected chi connectivity index (χ4v) is 5.13. The molecule has 1 aromatic heterocycles. The number of nitrogens with zero attached hydrogens (tertiary/aromatic N) is 2. The summed E-state index contributed by atoms with van der Waals surface area (Å²) in [5.74, 6) is -0.0645. The summed E-state index contributed by atoms with van der Waals surface area (Å²) in [6.07, 6.45) is 1.46. The van der Waals surface area contributed by atoms with Crippen molar-refractivity contribution in [3.63, 3.8) is 0 Å². The van der Waals surface area contributed by atoms with Crippen LogP contribution in [0.15, 0.2) is 70.2 Å². The first-order valence-electron chi connectivity index (χ1n) is 10.6. The van der Waals surface area contributed by atoms with Crippen molar-refractivity contribution in [2.24, 2.45) is 0 Å². The Hall–Kier alpha value is -3.59. The molecule has 33 heavy (non-hydrogen) atoms. The second-order valence-electron chi connectivity index (χ2n) is 8.01. The second kappa shape index (κ2) is 9.11. The van der Waals surface area contributed by atoms with E-state index in [4.69, 9.17) is 4.42 Å². The van der Waals surface area contributed by atoms with E-state index in [1.54, 1.807) is 65.3 Å². The van der Waals surface area contributed by atoms with E-state index in [1.807, 2.05) is 13.0 Å². The zero-order valence-corrected chi connectivity index (χ0v) is 19.3. The molecule has 0 radical (unpaired) electrons. The van der Waals surface area contributed by atoms with Gasteiger partial charge in [-0.2, -0.15) is 0 Å². The number of rotatable bonds is 5. The normalized spacial score (nSPS) is 14.2. The van der Waals surface area contributed by atoms with Crippen LogP contribution in [0.5, 0.6) is 0 Å². The maximum Gasteiger partial charge on any atom is 0.289 e. The lowest BCUT2D eigenvalue weighted by Crippen LogP contribution is -2.50. The first-order valence-corrected chi connectivity index (χ1v) is 12.0. The molecule has 0 bridgehead atoms. The molecule has 1 aliphatic rings. The number of sulfonamides is 1. The van der Waals surface area contributed by atoms with Crippen molar-refractivity contribution >= 4 is 27.5 Å². The van der Waals surface area contributed by atoms with Crippen LogP contribution in [0.25, 0.3) is 0 Å². The van der Waals surface area contributed by atoms with E-state index in [0.717, 1.165) is 5.56 Å². The number of benzene rings is 2. The molecule has 1 aliphatic heterocycles. The summed E-state index contributed by atoms with van der Waals surface area (Å²) in [6.45, 7) is 5.24. The summed E-state index contributed by atoms with van der Waals surface area (Å²) >= 11 is 0. The van der Waals surface area contributed by atoms with Crippen molar-refractivity contribution in [2.45, 2.75) is 18.7 Å². The quantitative estimate of drug-likeness (QED) is 0.621. The largest absolute Gasteiger partial charge is 0.459 e. The predicted molar refractivity (Wildman–Crippen MR) is 124 cm³/mol. The standard InChI is InChI=1S/C24H25N3O5S/c1-17-5-6-18(2)22(16-17)33(30,31)25-20-9-7-19(8-10-20)23(28)26-11-13-27(14-12-26)24(29)21-4-3-15-32-21/h3-10,15-16,25H,11-14H2,1-2H3. The lowest BCUT2D eigenvalue weighted by molar-refractivity contribution is 0.0518. The maximum absolute atomic E-state index is 12.9. The van der Waals surface area contributed by atoms with Gasteiger partial charge in [-0.05, 0) is 67.4 Å². The third-order valence-electron chi connectivity index (χ3n) is 5.60. The zero-order chi connectivity index (χ0) is 23.6. The van der Waals surface area contributed by atoms with E-state index < -0.39 is 10.0 Å². The van der Waals surface area contributed by atoms with Crippen molar-refractivity contribution in [3.8, 4) is 0 Å². The molecule has 2 heterocycles. The molecule has 2 aromatic carbocycles. The van der Waals surface area contributed by atoms with Crippen LogP contribution in [0.2, 0.25) is 0 Å². The molecule has 0 aliphatic carbocycles. The highest BCUT2D eigenvalue weighted by Gasteiger charge is 2.26. The molecule has 0 saturated carbocycles. The molecule has 172 valence electrons. The molecule has 0 unspecified atom stereocenters. The fourth-order valence-electron chi connectivity index (χ4n) is 3.74. The van der Waals surface area contributed by atoms with E-state index in [2.05, 4.69) is 4.72 Å². The van der Waals surface area contributed by atoms with Gasteiger partial charge in [-0.15, -0.1) is 0 Å². The second-order valence-corrected chi connectivity index (χ2v) is 9.66. The van der Waals surface area contributed by atoms with E-state index >= 15 is 0 Å². The van der Waals surface area contributed by atoms with E-state index in [-0.39, 0.29) is 22.5 Å². The molecule has 0 atom stereocenters. The Balaban J connectivity index is 1.39. The Labute approximate surface area is 192 Å². The van der Waals surface area contributed by atoms with Gasteiger partial charge in [-0.25, -0.2) is 8.42 Å². The van der Waals surface area contributed by atoms with Gasteiger partial charge in [-0.1, -0.05) is 12.1 Å². The number of carbonyl (C=O) groups is 2. The molecular weight excluding hydrogens is 442 g/mol. The van der Waals surface area contributed by atoms with Gasteiger partial charge in [0.05, 0.1) is 11.2 Å². The van der Waals surface area contributed by atoms with Gasteiger partial charge < -0.3 is 14.2 Å². The number of hydrogen-bond acceptors (Lipinski definition) is 5. The number of nitrogens with one attached hydrogen (secondary N) is 1. The molecule has 4 rings (SSSR count). The molecule has 3 aromatic rings. The minimum atomic E-state index is -3.74. The van der Waals surface area contributed by atoms with E-state index in [9.17, 15) is 18.0 Å². The molecule has 1 fully saturated rings. The van der Waals surface area contributed by atoms with Gasteiger partial charge in [0.15, 0.2) is 5.76 Å². The number of anilines is 1. The SMILES string of the molecule is Cc1ccc(C)c(S(=O)(=O)Nc2ccc(C(=O)N3CCN(C(=O)c4ccco4)CC3)cc2)c1. The van der Waals surface area contributed by atoms with Crippen molar-refractivity contribution in [1.82, 2.24) is 9.80 Å².